The number of rotatable bonds is 7. The van der Waals surface area contributed by atoms with Crippen molar-refractivity contribution in [1.29, 1.82) is 0 Å². The number of morpholine rings is 2. The van der Waals surface area contributed by atoms with Gasteiger partial charge in [0.1, 0.15) is 23.8 Å². The fraction of sp³-hybridized carbons (Fsp3) is 0.520. The van der Waals surface area contributed by atoms with Crippen molar-refractivity contribution >= 4 is 23.4 Å². The minimum atomic E-state index is -1.01. The molecule has 2 aliphatic heterocycles. The summed E-state index contributed by atoms with van der Waals surface area (Å²) < 4.78 is 17.6. The lowest BCUT2D eigenvalue weighted by Crippen LogP contribution is -2.58. The summed E-state index contributed by atoms with van der Waals surface area (Å²) in [5, 5.41) is 0.548. The molecule has 2 amide bonds. The van der Waals surface area contributed by atoms with Crippen LogP contribution < -0.4 is 4.74 Å². The monoisotopic (exact) mass is 502 g/mol. The molecule has 2 saturated heterocycles. The van der Waals surface area contributed by atoms with Gasteiger partial charge in [0.2, 0.25) is 5.91 Å². The standard InChI is InChI=1S/C25H31ClN4O5/c1-18(2)23-27-14-19(15-28-23)24(32)30-8-11-35-25(16-30,13-22(31)29-6-9-33-10-7-29)17-34-21-5-3-4-20(26)12-21/h3-5,12,14-15,18H,6-11,13,16-17H2,1-2H3/t25-/m1/s1. The maximum absolute atomic E-state index is 13.3. The van der Waals surface area contributed by atoms with Crippen LogP contribution in [0.2, 0.25) is 5.02 Å². The number of carbonyl (C=O) groups excluding carboxylic acids is 2. The highest BCUT2D eigenvalue weighted by Gasteiger charge is 2.42. The number of carbonyl (C=O) groups is 2. The van der Waals surface area contributed by atoms with E-state index in [0.717, 1.165) is 0 Å². The second-order valence-electron chi connectivity index (χ2n) is 9.16. The van der Waals surface area contributed by atoms with Crippen LogP contribution >= 0.6 is 11.6 Å². The van der Waals surface area contributed by atoms with E-state index in [-0.39, 0.29) is 43.9 Å². The molecule has 3 heterocycles. The van der Waals surface area contributed by atoms with E-state index in [0.29, 0.717) is 55.0 Å². The van der Waals surface area contributed by atoms with Crippen LogP contribution in [-0.4, -0.2) is 89.8 Å². The van der Waals surface area contributed by atoms with E-state index in [1.54, 1.807) is 46.5 Å². The molecule has 0 aliphatic carbocycles. The van der Waals surface area contributed by atoms with Crippen LogP contribution in [0, 0.1) is 0 Å². The van der Waals surface area contributed by atoms with Gasteiger partial charge in [-0.25, -0.2) is 9.97 Å². The second kappa shape index (κ2) is 11.3. The predicted octanol–water partition coefficient (Wildman–Crippen LogP) is 2.79. The number of hydrogen-bond donors (Lipinski definition) is 0. The lowest BCUT2D eigenvalue weighted by molar-refractivity contribution is -0.155. The smallest absolute Gasteiger partial charge is 0.257 e. The molecule has 35 heavy (non-hydrogen) atoms. The summed E-state index contributed by atoms with van der Waals surface area (Å²) >= 11 is 6.10. The van der Waals surface area contributed by atoms with Crippen molar-refractivity contribution in [2.45, 2.75) is 31.8 Å². The molecule has 1 aromatic heterocycles. The Hall–Kier alpha value is -2.75. The van der Waals surface area contributed by atoms with E-state index in [4.69, 9.17) is 25.8 Å². The maximum atomic E-state index is 13.3. The normalized spacial score (nSPS) is 20.7. The summed E-state index contributed by atoms with van der Waals surface area (Å²) in [5.74, 6) is 1.17. The maximum Gasteiger partial charge on any atom is 0.257 e. The molecule has 0 saturated carbocycles. The van der Waals surface area contributed by atoms with Gasteiger partial charge in [-0.2, -0.15) is 0 Å². The van der Waals surface area contributed by atoms with E-state index in [9.17, 15) is 9.59 Å². The van der Waals surface area contributed by atoms with Gasteiger partial charge in [-0.15, -0.1) is 0 Å². The van der Waals surface area contributed by atoms with Gasteiger partial charge in [-0.3, -0.25) is 9.59 Å². The van der Waals surface area contributed by atoms with Gasteiger partial charge >= 0.3 is 0 Å². The van der Waals surface area contributed by atoms with Gasteiger partial charge < -0.3 is 24.0 Å². The number of aromatic nitrogens is 2. The zero-order valence-electron chi connectivity index (χ0n) is 20.1. The lowest BCUT2D eigenvalue weighted by Gasteiger charge is -2.43. The second-order valence-corrected chi connectivity index (χ2v) is 9.60. The van der Waals surface area contributed by atoms with Crippen molar-refractivity contribution in [3.63, 3.8) is 0 Å². The van der Waals surface area contributed by atoms with Crippen molar-refractivity contribution in [3.05, 3.63) is 53.1 Å². The summed E-state index contributed by atoms with van der Waals surface area (Å²) in [7, 11) is 0. The Morgan fingerprint density at radius 3 is 2.51 bits per heavy atom. The number of ether oxygens (including phenoxy) is 3. The van der Waals surface area contributed by atoms with E-state index >= 15 is 0 Å². The summed E-state index contributed by atoms with van der Waals surface area (Å²) in [4.78, 5) is 38.6. The van der Waals surface area contributed by atoms with Crippen LogP contribution in [0.3, 0.4) is 0 Å². The predicted molar refractivity (Wildman–Crippen MR) is 130 cm³/mol. The molecular formula is C25H31ClN4O5. The molecule has 1 atom stereocenters. The van der Waals surface area contributed by atoms with Gasteiger partial charge in [0.15, 0.2) is 0 Å². The highest BCUT2D eigenvalue weighted by Crippen LogP contribution is 2.27. The fourth-order valence-electron chi connectivity index (χ4n) is 4.16. The van der Waals surface area contributed by atoms with Gasteiger partial charge in [-0.1, -0.05) is 31.5 Å². The zero-order valence-corrected chi connectivity index (χ0v) is 20.9. The van der Waals surface area contributed by atoms with E-state index < -0.39 is 5.60 Å². The molecule has 1 aromatic carbocycles. The zero-order chi connectivity index (χ0) is 24.8. The number of halogens is 1. The van der Waals surface area contributed by atoms with Crippen LogP contribution in [0.4, 0.5) is 0 Å². The molecule has 2 aromatic rings. The first-order valence-electron chi connectivity index (χ1n) is 11.8. The van der Waals surface area contributed by atoms with Crippen molar-refractivity contribution in [2.24, 2.45) is 0 Å². The van der Waals surface area contributed by atoms with Crippen LogP contribution in [0.1, 0.15) is 42.4 Å². The van der Waals surface area contributed by atoms with Crippen LogP contribution in [0.15, 0.2) is 36.7 Å². The Morgan fingerprint density at radius 2 is 1.83 bits per heavy atom. The average Bonchev–Trinajstić information content (AvgIpc) is 2.88. The van der Waals surface area contributed by atoms with E-state index in [1.165, 1.54) is 0 Å². The van der Waals surface area contributed by atoms with E-state index in [2.05, 4.69) is 9.97 Å². The van der Waals surface area contributed by atoms with Gasteiger partial charge in [0.25, 0.3) is 5.91 Å². The van der Waals surface area contributed by atoms with Crippen LogP contribution in [0.25, 0.3) is 0 Å². The van der Waals surface area contributed by atoms with Crippen molar-refractivity contribution in [2.75, 3.05) is 52.6 Å². The molecule has 2 fully saturated rings. The van der Waals surface area contributed by atoms with Crippen LogP contribution in [-0.2, 0) is 14.3 Å². The molecule has 9 nitrogen and oxygen atoms in total. The topological polar surface area (TPSA) is 94.1 Å². The SMILES string of the molecule is CC(C)c1ncc(C(=O)N2CCO[C@](COc3cccc(Cl)c3)(CC(=O)N3CCOCC3)C2)cn1. The molecular weight excluding hydrogens is 472 g/mol. The quantitative estimate of drug-likeness (QED) is 0.574. The number of hydrogen-bond acceptors (Lipinski definition) is 7. The minimum Gasteiger partial charge on any atom is -0.490 e. The van der Waals surface area contributed by atoms with Gasteiger partial charge in [-0.05, 0) is 18.2 Å². The third-order valence-corrected chi connectivity index (χ3v) is 6.34. The van der Waals surface area contributed by atoms with Crippen molar-refractivity contribution in [3.8, 4) is 5.75 Å². The number of benzene rings is 1. The van der Waals surface area contributed by atoms with Crippen LogP contribution in [0.5, 0.6) is 5.75 Å². The molecule has 10 heteroatoms. The Bertz CT molecular complexity index is 1030. The molecule has 0 bridgehead atoms. The first kappa shape index (κ1) is 25.3. The third-order valence-electron chi connectivity index (χ3n) is 6.11. The molecule has 0 N–H and O–H groups in total. The highest BCUT2D eigenvalue weighted by atomic mass is 35.5. The lowest BCUT2D eigenvalue weighted by atomic mass is 9.96. The molecule has 0 unspecified atom stereocenters. The van der Waals surface area contributed by atoms with Gasteiger partial charge in [0.05, 0.1) is 38.3 Å². The summed E-state index contributed by atoms with van der Waals surface area (Å²) in [5.41, 5.74) is -0.606. The van der Waals surface area contributed by atoms with Crippen molar-refractivity contribution < 1.29 is 23.8 Å². The molecule has 4 rings (SSSR count). The molecule has 0 spiro atoms. The fourth-order valence-corrected chi connectivity index (χ4v) is 4.34. The van der Waals surface area contributed by atoms with E-state index in [1.807, 2.05) is 13.8 Å². The summed E-state index contributed by atoms with van der Waals surface area (Å²) in [6.45, 7) is 7.06. The molecule has 2 aliphatic rings. The first-order chi connectivity index (χ1) is 16.8. The van der Waals surface area contributed by atoms with Crippen molar-refractivity contribution in [1.82, 2.24) is 19.8 Å². The summed E-state index contributed by atoms with van der Waals surface area (Å²) in [6.07, 6.45) is 3.20. The Labute approximate surface area is 210 Å². The largest absolute Gasteiger partial charge is 0.490 e. The Kier molecular flexibility index (Phi) is 8.20. The number of nitrogens with zero attached hydrogens (tertiary/aromatic N) is 4. The summed E-state index contributed by atoms with van der Waals surface area (Å²) in [6, 6.07) is 7.05. The highest BCUT2D eigenvalue weighted by molar-refractivity contribution is 6.30. The molecule has 0 radical (unpaired) electrons. The average molecular weight is 503 g/mol. The molecule has 188 valence electrons. The number of amides is 2. The first-order valence-corrected chi connectivity index (χ1v) is 12.2. The Morgan fingerprint density at radius 1 is 1.11 bits per heavy atom. The Balaban J connectivity index is 1.52. The third kappa shape index (κ3) is 6.48. The van der Waals surface area contributed by atoms with Gasteiger partial charge in [0, 0.05) is 43.0 Å². The minimum absolute atomic E-state index is 0.0538.